The highest BCUT2D eigenvalue weighted by Crippen LogP contribution is 2.31. The van der Waals surface area contributed by atoms with Crippen LogP contribution in [0.25, 0.3) is 0 Å². The van der Waals surface area contributed by atoms with Gasteiger partial charge in [0.15, 0.2) is 5.78 Å². The number of phenols is 1. The monoisotopic (exact) mass is 406 g/mol. The molecule has 0 aromatic heterocycles. The lowest BCUT2D eigenvalue weighted by Gasteiger charge is -2.16. The predicted octanol–water partition coefficient (Wildman–Crippen LogP) is 5.63. The molecule has 158 valence electrons. The summed E-state index contributed by atoms with van der Waals surface area (Å²) in [7, 11) is 0. The molecule has 2 aromatic carbocycles. The second-order valence-electron chi connectivity index (χ2n) is 8.16. The molecule has 0 aliphatic heterocycles. The molecule has 2 atom stereocenters. The Morgan fingerprint density at radius 2 is 1.90 bits per heavy atom. The number of allylic oxidation sites excluding steroid dienone is 2. The van der Waals surface area contributed by atoms with Gasteiger partial charge in [0.2, 0.25) is 0 Å². The fourth-order valence-electron chi connectivity index (χ4n) is 3.94. The van der Waals surface area contributed by atoms with Gasteiger partial charge in [-0.05, 0) is 48.4 Å². The highest BCUT2D eigenvalue weighted by atomic mass is 16.5. The molecular formula is C26H30O4. The van der Waals surface area contributed by atoms with E-state index in [0.717, 1.165) is 42.4 Å². The minimum absolute atomic E-state index is 0.0114. The first kappa shape index (κ1) is 21.8. The highest BCUT2D eigenvalue weighted by Gasteiger charge is 2.26. The largest absolute Gasteiger partial charge is 0.508 e. The molecule has 0 saturated heterocycles. The summed E-state index contributed by atoms with van der Waals surface area (Å²) in [4.78, 5) is 25.1. The number of hydrogen-bond acceptors (Lipinski definition) is 4. The standard InChI is InChI=1S/C26H30O4/c1-3-7-19(14-22-15-21-12-13-23(27)16-24(21)25(22)28)11-10-18(2)26(29)30-17-20-8-5-4-6-9-20/h4-6,8-9,12-14,16,18-19,27H,3,7,10-11,15,17H2,1-2H3/b22-14+. The van der Waals surface area contributed by atoms with Crippen LogP contribution in [0.1, 0.15) is 61.0 Å². The number of ketones is 1. The highest BCUT2D eigenvalue weighted by molar-refractivity contribution is 6.13. The number of esters is 1. The average molecular weight is 407 g/mol. The van der Waals surface area contributed by atoms with Crippen molar-refractivity contribution in [1.29, 1.82) is 0 Å². The van der Waals surface area contributed by atoms with Crippen LogP contribution in [-0.2, 0) is 22.6 Å². The first-order chi connectivity index (χ1) is 14.5. The van der Waals surface area contributed by atoms with Gasteiger partial charge in [0.25, 0.3) is 0 Å². The van der Waals surface area contributed by atoms with Crippen molar-refractivity contribution >= 4 is 11.8 Å². The zero-order valence-corrected chi connectivity index (χ0v) is 17.8. The summed E-state index contributed by atoms with van der Waals surface area (Å²) in [6, 6.07) is 14.7. The Morgan fingerprint density at radius 1 is 1.13 bits per heavy atom. The average Bonchev–Trinajstić information content (AvgIpc) is 3.05. The molecule has 2 unspecified atom stereocenters. The molecule has 0 radical (unpaired) electrons. The second kappa shape index (κ2) is 10.2. The molecule has 4 nitrogen and oxygen atoms in total. The van der Waals surface area contributed by atoms with Gasteiger partial charge in [0.05, 0.1) is 5.92 Å². The third kappa shape index (κ3) is 5.59. The van der Waals surface area contributed by atoms with E-state index in [9.17, 15) is 14.7 Å². The van der Waals surface area contributed by atoms with Crippen molar-refractivity contribution in [3.8, 4) is 5.75 Å². The van der Waals surface area contributed by atoms with Crippen LogP contribution in [0.2, 0.25) is 0 Å². The van der Waals surface area contributed by atoms with E-state index in [1.54, 1.807) is 12.1 Å². The van der Waals surface area contributed by atoms with Crippen molar-refractivity contribution < 1.29 is 19.4 Å². The minimum Gasteiger partial charge on any atom is -0.508 e. The van der Waals surface area contributed by atoms with E-state index in [0.29, 0.717) is 18.6 Å². The van der Waals surface area contributed by atoms with E-state index in [1.807, 2.05) is 43.3 Å². The summed E-state index contributed by atoms with van der Waals surface area (Å²) in [6.07, 6.45) is 6.26. The molecular weight excluding hydrogens is 376 g/mol. The van der Waals surface area contributed by atoms with Gasteiger partial charge in [0.1, 0.15) is 12.4 Å². The van der Waals surface area contributed by atoms with E-state index < -0.39 is 0 Å². The lowest BCUT2D eigenvalue weighted by Crippen LogP contribution is -2.16. The van der Waals surface area contributed by atoms with Crippen LogP contribution in [0.5, 0.6) is 5.75 Å². The summed E-state index contributed by atoms with van der Waals surface area (Å²) in [5.74, 6) is 0.0244. The van der Waals surface area contributed by atoms with Crippen molar-refractivity contribution in [2.45, 2.75) is 52.6 Å². The lowest BCUT2D eigenvalue weighted by atomic mass is 9.91. The first-order valence-corrected chi connectivity index (χ1v) is 10.8. The van der Waals surface area contributed by atoms with Gasteiger partial charge in [-0.2, -0.15) is 0 Å². The molecule has 4 heteroatoms. The van der Waals surface area contributed by atoms with Gasteiger partial charge in [-0.25, -0.2) is 0 Å². The molecule has 1 aliphatic carbocycles. The van der Waals surface area contributed by atoms with Crippen molar-refractivity contribution in [2.24, 2.45) is 11.8 Å². The van der Waals surface area contributed by atoms with Crippen LogP contribution in [0.4, 0.5) is 0 Å². The van der Waals surface area contributed by atoms with Gasteiger partial charge < -0.3 is 9.84 Å². The smallest absolute Gasteiger partial charge is 0.308 e. The quantitative estimate of drug-likeness (QED) is 0.433. The Bertz CT molecular complexity index is 914. The summed E-state index contributed by atoms with van der Waals surface area (Å²) in [5.41, 5.74) is 3.36. The summed E-state index contributed by atoms with van der Waals surface area (Å²) in [5, 5.41) is 9.66. The Kier molecular flexibility index (Phi) is 7.45. The van der Waals surface area contributed by atoms with Gasteiger partial charge in [-0.15, -0.1) is 0 Å². The molecule has 2 aromatic rings. The molecule has 0 amide bonds. The van der Waals surface area contributed by atoms with Gasteiger partial charge >= 0.3 is 5.97 Å². The fraction of sp³-hybridized carbons (Fsp3) is 0.385. The van der Waals surface area contributed by atoms with E-state index in [4.69, 9.17) is 4.74 Å². The van der Waals surface area contributed by atoms with Gasteiger partial charge in [0, 0.05) is 17.6 Å². The van der Waals surface area contributed by atoms with Crippen molar-refractivity contribution in [3.05, 3.63) is 76.9 Å². The maximum atomic E-state index is 12.7. The van der Waals surface area contributed by atoms with Gasteiger partial charge in [-0.3, -0.25) is 9.59 Å². The normalized spacial score (nSPS) is 16.3. The molecule has 3 rings (SSSR count). The number of rotatable bonds is 9. The molecule has 1 N–H and O–H groups in total. The summed E-state index contributed by atoms with van der Waals surface area (Å²) >= 11 is 0. The molecule has 0 heterocycles. The zero-order chi connectivity index (χ0) is 21.5. The van der Waals surface area contributed by atoms with Crippen molar-refractivity contribution in [2.75, 3.05) is 0 Å². The Hall–Kier alpha value is -2.88. The first-order valence-electron chi connectivity index (χ1n) is 10.8. The zero-order valence-electron chi connectivity index (χ0n) is 17.8. The van der Waals surface area contributed by atoms with Crippen LogP contribution >= 0.6 is 0 Å². The summed E-state index contributed by atoms with van der Waals surface area (Å²) in [6.45, 7) is 4.33. The number of benzene rings is 2. The molecule has 0 spiro atoms. The van der Waals surface area contributed by atoms with Crippen LogP contribution in [0, 0.1) is 11.8 Å². The van der Waals surface area contributed by atoms with Crippen LogP contribution in [-0.4, -0.2) is 16.9 Å². The number of fused-ring (bicyclic) bond motifs is 1. The lowest BCUT2D eigenvalue weighted by molar-refractivity contribution is -0.149. The second-order valence-corrected chi connectivity index (χ2v) is 8.16. The third-order valence-corrected chi connectivity index (χ3v) is 5.70. The Morgan fingerprint density at radius 3 is 2.63 bits per heavy atom. The van der Waals surface area contributed by atoms with Crippen LogP contribution < -0.4 is 0 Å². The number of carbonyl (C=O) groups is 2. The topological polar surface area (TPSA) is 63.6 Å². The van der Waals surface area contributed by atoms with E-state index >= 15 is 0 Å². The molecule has 30 heavy (non-hydrogen) atoms. The number of aromatic hydroxyl groups is 1. The van der Waals surface area contributed by atoms with E-state index in [2.05, 4.69) is 13.0 Å². The minimum atomic E-state index is -0.181. The molecule has 1 aliphatic rings. The Labute approximate surface area is 178 Å². The number of ether oxygens (including phenoxy) is 1. The van der Waals surface area contributed by atoms with Crippen molar-refractivity contribution in [3.63, 3.8) is 0 Å². The number of carbonyl (C=O) groups excluding carboxylic acids is 2. The van der Waals surface area contributed by atoms with Gasteiger partial charge in [-0.1, -0.05) is 62.7 Å². The SMILES string of the molecule is CCCC(/C=C1\Cc2ccc(O)cc2C1=O)CCC(C)C(=O)OCc1ccccc1. The Balaban J connectivity index is 1.56. The van der Waals surface area contributed by atoms with E-state index in [-0.39, 0.29) is 29.3 Å². The van der Waals surface area contributed by atoms with Crippen molar-refractivity contribution in [1.82, 2.24) is 0 Å². The van der Waals surface area contributed by atoms with Crippen LogP contribution in [0.15, 0.2) is 60.2 Å². The number of hydrogen-bond donors (Lipinski definition) is 1. The maximum absolute atomic E-state index is 12.7. The third-order valence-electron chi connectivity index (χ3n) is 5.70. The predicted molar refractivity (Wildman–Crippen MR) is 117 cm³/mol. The molecule has 0 saturated carbocycles. The maximum Gasteiger partial charge on any atom is 0.308 e. The summed E-state index contributed by atoms with van der Waals surface area (Å²) < 4.78 is 5.45. The molecule has 0 bridgehead atoms. The van der Waals surface area contributed by atoms with Crippen LogP contribution in [0.3, 0.4) is 0 Å². The number of phenolic OH excluding ortho intramolecular Hbond substituents is 1. The fourth-order valence-corrected chi connectivity index (χ4v) is 3.94. The number of Topliss-reactive ketones (excluding diaryl/α,β-unsaturated/α-hetero) is 1. The van der Waals surface area contributed by atoms with E-state index in [1.165, 1.54) is 0 Å². The molecule has 0 fully saturated rings.